The van der Waals surface area contributed by atoms with Crippen LogP contribution in [-0.2, 0) is 6.18 Å². The van der Waals surface area contributed by atoms with E-state index in [1.54, 1.807) is 17.4 Å². The number of hydrogen-bond acceptors (Lipinski definition) is 6. The molecule has 0 amide bonds. The van der Waals surface area contributed by atoms with Crippen LogP contribution in [0.5, 0.6) is 0 Å². The molecule has 0 unspecified atom stereocenters. The van der Waals surface area contributed by atoms with Crippen LogP contribution in [0.4, 0.5) is 18.9 Å². The fourth-order valence-electron chi connectivity index (χ4n) is 4.82. The molecule has 0 bridgehead atoms. The Bertz CT molecular complexity index is 1020. The van der Waals surface area contributed by atoms with Crippen molar-refractivity contribution in [1.82, 2.24) is 25.1 Å². The Morgan fingerprint density at radius 2 is 1.78 bits per heavy atom. The lowest BCUT2D eigenvalue weighted by atomic mass is 10.1. The zero-order valence-corrected chi connectivity index (χ0v) is 18.4. The second kappa shape index (κ2) is 8.82. The molecular formula is C22H25F3N6S. The molecule has 3 aromatic rings. The van der Waals surface area contributed by atoms with E-state index in [-0.39, 0.29) is 6.04 Å². The van der Waals surface area contributed by atoms with E-state index in [0.717, 1.165) is 37.8 Å². The first-order valence-corrected chi connectivity index (χ1v) is 11.9. The summed E-state index contributed by atoms with van der Waals surface area (Å²) in [6.07, 6.45) is 0.253. The van der Waals surface area contributed by atoms with Gasteiger partial charge in [0.1, 0.15) is 6.04 Å². The summed E-state index contributed by atoms with van der Waals surface area (Å²) in [5.74, 6) is 0.867. The predicted molar refractivity (Wildman–Crippen MR) is 117 cm³/mol. The van der Waals surface area contributed by atoms with Crippen molar-refractivity contribution in [2.45, 2.75) is 43.9 Å². The van der Waals surface area contributed by atoms with Gasteiger partial charge in [-0.15, -0.1) is 16.4 Å². The molecule has 2 fully saturated rings. The molecule has 170 valence electrons. The fraction of sp³-hybridized carbons (Fsp3) is 0.500. The summed E-state index contributed by atoms with van der Waals surface area (Å²) in [5, 5.41) is 14.8. The van der Waals surface area contributed by atoms with Crippen molar-refractivity contribution in [3.63, 3.8) is 0 Å². The molecular weight excluding hydrogens is 437 g/mol. The van der Waals surface area contributed by atoms with Crippen molar-refractivity contribution in [1.29, 1.82) is 0 Å². The van der Waals surface area contributed by atoms with Gasteiger partial charge in [0.15, 0.2) is 5.82 Å². The number of halogens is 3. The van der Waals surface area contributed by atoms with Crippen molar-refractivity contribution in [3.05, 3.63) is 58.0 Å². The lowest BCUT2D eigenvalue weighted by Gasteiger charge is -2.39. The van der Waals surface area contributed by atoms with Gasteiger partial charge in [-0.2, -0.15) is 13.2 Å². The molecule has 10 heteroatoms. The molecule has 1 atom stereocenters. The van der Waals surface area contributed by atoms with Crippen LogP contribution in [0.1, 0.15) is 54.0 Å². The van der Waals surface area contributed by atoms with Crippen LogP contribution in [0, 0.1) is 0 Å². The molecule has 6 nitrogen and oxygen atoms in total. The maximum absolute atomic E-state index is 13.1. The lowest BCUT2D eigenvalue weighted by molar-refractivity contribution is -0.137. The van der Waals surface area contributed by atoms with Crippen LogP contribution in [0.25, 0.3) is 0 Å². The molecule has 32 heavy (non-hydrogen) atoms. The minimum absolute atomic E-state index is 0.0470. The standard InChI is InChI=1S/C22H25F3N6S/c23-22(24,25)16-5-3-8-18(15-16)29-10-12-30(13-11-29)20(19-9-4-14-32-19)21-26-27-28-31(21)17-6-1-2-7-17/h3-5,8-9,14-15,17,20H,1-2,6-7,10-13H2/t20-/m1/s1. The van der Waals surface area contributed by atoms with Crippen LogP contribution < -0.4 is 4.90 Å². The third kappa shape index (κ3) is 4.25. The van der Waals surface area contributed by atoms with Gasteiger partial charge in [-0.05, 0) is 52.9 Å². The Kier molecular flexibility index (Phi) is 5.90. The largest absolute Gasteiger partial charge is 0.416 e. The number of aromatic nitrogens is 4. The van der Waals surface area contributed by atoms with Gasteiger partial charge in [0.05, 0.1) is 11.6 Å². The normalized spacial score (nSPS) is 19.5. The van der Waals surface area contributed by atoms with Crippen LogP contribution in [-0.4, -0.2) is 51.3 Å². The molecule has 2 aliphatic rings. The van der Waals surface area contributed by atoms with E-state index in [2.05, 4.69) is 31.9 Å². The first-order chi connectivity index (χ1) is 15.5. The third-order valence-electron chi connectivity index (χ3n) is 6.46. The highest BCUT2D eigenvalue weighted by Crippen LogP contribution is 2.37. The van der Waals surface area contributed by atoms with Crippen LogP contribution in [0.15, 0.2) is 41.8 Å². The number of rotatable bonds is 5. The van der Waals surface area contributed by atoms with Gasteiger partial charge in [-0.25, -0.2) is 4.68 Å². The molecule has 1 aliphatic heterocycles. The van der Waals surface area contributed by atoms with Crippen molar-refractivity contribution in [2.24, 2.45) is 0 Å². The SMILES string of the molecule is FC(F)(F)c1cccc(N2CCN([C@H](c3cccs3)c3nnnn3C3CCCC3)CC2)c1. The number of nitrogens with zero attached hydrogens (tertiary/aromatic N) is 6. The summed E-state index contributed by atoms with van der Waals surface area (Å²) in [6, 6.07) is 10.0. The Morgan fingerprint density at radius 1 is 1.00 bits per heavy atom. The average Bonchev–Trinajstić information content (AvgIpc) is 3.57. The summed E-state index contributed by atoms with van der Waals surface area (Å²) < 4.78 is 41.4. The summed E-state index contributed by atoms with van der Waals surface area (Å²) in [7, 11) is 0. The smallest absolute Gasteiger partial charge is 0.369 e. The highest BCUT2D eigenvalue weighted by atomic mass is 32.1. The van der Waals surface area contributed by atoms with E-state index in [9.17, 15) is 13.2 Å². The van der Waals surface area contributed by atoms with Crippen molar-refractivity contribution in [3.8, 4) is 0 Å². The average molecular weight is 463 g/mol. The maximum Gasteiger partial charge on any atom is 0.416 e. The molecule has 0 spiro atoms. The zero-order valence-electron chi connectivity index (χ0n) is 17.6. The number of anilines is 1. The van der Waals surface area contributed by atoms with Gasteiger partial charge >= 0.3 is 6.18 Å². The van der Waals surface area contributed by atoms with E-state index in [4.69, 9.17) is 0 Å². The molecule has 1 saturated carbocycles. The van der Waals surface area contributed by atoms with Gasteiger partial charge in [0.2, 0.25) is 0 Å². The first-order valence-electron chi connectivity index (χ1n) is 11.0. The number of hydrogen-bond donors (Lipinski definition) is 0. The Balaban J connectivity index is 1.37. The topological polar surface area (TPSA) is 50.1 Å². The van der Waals surface area contributed by atoms with E-state index < -0.39 is 11.7 Å². The molecule has 0 radical (unpaired) electrons. The molecule has 0 N–H and O–H groups in total. The molecule has 1 aliphatic carbocycles. The maximum atomic E-state index is 13.1. The van der Waals surface area contributed by atoms with Gasteiger partial charge < -0.3 is 4.90 Å². The molecule has 2 aromatic heterocycles. The number of thiophene rings is 1. The van der Waals surface area contributed by atoms with Gasteiger partial charge in [0, 0.05) is 36.7 Å². The Hall–Kier alpha value is -2.46. The first kappa shape index (κ1) is 21.4. The number of piperazine rings is 1. The Labute approximate surface area is 188 Å². The van der Waals surface area contributed by atoms with Crippen LogP contribution in [0.2, 0.25) is 0 Å². The summed E-state index contributed by atoms with van der Waals surface area (Å²) in [5.41, 5.74) is 0.00701. The number of tetrazole rings is 1. The monoisotopic (exact) mass is 462 g/mol. The van der Waals surface area contributed by atoms with Crippen LogP contribution >= 0.6 is 11.3 Å². The number of benzene rings is 1. The van der Waals surface area contributed by atoms with E-state index in [1.807, 2.05) is 15.6 Å². The van der Waals surface area contributed by atoms with E-state index in [1.165, 1.54) is 29.9 Å². The molecule has 1 aromatic carbocycles. The fourth-order valence-corrected chi connectivity index (χ4v) is 5.68. The van der Waals surface area contributed by atoms with Crippen molar-refractivity contribution < 1.29 is 13.2 Å². The molecule has 5 rings (SSSR count). The van der Waals surface area contributed by atoms with Crippen molar-refractivity contribution in [2.75, 3.05) is 31.1 Å². The minimum atomic E-state index is -4.33. The quantitative estimate of drug-likeness (QED) is 0.546. The molecule has 3 heterocycles. The summed E-state index contributed by atoms with van der Waals surface area (Å²) >= 11 is 1.69. The van der Waals surface area contributed by atoms with Gasteiger partial charge in [0.25, 0.3) is 0 Å². The summed E-state index contributed by atoms with van der Waals surface area (Å²) in [4.78, 5) is 5.57. The predicted octanol–water partition coefficient (Wildman–Crippen LogP) is 4.78. The highest BCUT2D eigenvalue weighted by molar-refractivity contribution is 7.10. The van der Waals surface area contributed by atoms with E-state index in [0.29, 0.717) is 24.8 Å². The second-order valence-corrected chi connectivity index (χ2v) is 9.39. The second-order valence-electron chi connectivity index (χ2n) is 8.41. The third-order valence-corrected chi connectivity index (χ3v) is 7.39. The highest BCUT2D eigenvalue weighted by Gasteiger charge is 2.34. The minimum Gasteiger partial charge on any atom is -0.369 e. The van der Waals surface area contributed by atoms with Crippen molar-refractivity contribution >= 4 is 17.0 Å². The molecule has 1 saturated heterocycles. The zero-order chi connectivity index (χ0) is 22.1. The Morgan fingerprint density at radius 3 is 2.47 bits per heavy atom. The summed E-state index contributed by atoms with van der Waals surface area (Å²) in [6.45, 7) is 2.73. The van der Waals surface area contributed by atoms with Gasteiger partial charge in [-0.1, -0.05) is 25.0 Å². The number of alkyl halides is 3. The lowest BCUT2D eigenvalue weighted by Crippen LogP contribution is -2.48. The van der Waals surface area contributed by atoms with Crippen LogP contribution in [0.3, 0.4) is 0 Å². The van der Waals surface area contributed by atoms with E-state index >= 15 is 0 Å². The van der Waals surface area contributed by atoms with Gasteiger partial charge in [-0.3, -0.25) is 4.90 Å².